The Labute approximate surface area is 118 Å². The first-order chi connectivity index (χ1) is 8.17. The van der Waals surface area contributed by atoms with E-state index in [1.165, 1.54) is 5.57 Å². The number of hydrogen-bond acceptors (Lipinski definition) is 3. The van der Waals surface area contributed by atoms with Gasteiger partial charge in [-0.05, 0) is 35.0 Å². The fourth-order valence-corrected chi connectivity index (χ4v) is 0.753. The molecule has 0 amide bonds. The van der Waals surface area contributed by atoms with Crippen LogP contribution in [0.1, 0.15) is 13.8 Å². The third kappa shape index (κ3) is 73.2. The molecule has 0 aromatic carbocycles. The van der Waals surface area contributed by atoms with Gasteiger partial charge in [-0.2, -0.15) is 0 Å². The molecule has 0 aliphatic carbocycles. The number of quaternary nitrogens is 1. The Bertz CT molecular complexity index is 263. The van der Waals surface area contributed by atoms with Crippen molar-refractivity contribution >= 4 is 7.82 Å². The predicted octanol–water partition coefficient (Wildman–Crippen LogP) is 1.56. The molecule has 0 radical (unpaired) electrons. The quantitative estimate of drug-likeness (QED) is 0.468. The average Bonchev–Trinajstić information content (AvgIpc) is 1.94. The van der Waals surface area contributed by atoms with Crippen LogP contribution in [0.25, 0.3) is 0 Å². The molecule has 0 atom stereocenters. The SMILES string of the molecule is C=C(C)C.CN(C)C.C[N+](C)(C)CCOP(=O)(O)O. The van der Waals surface area contributed by atoms with Gasteiger partial charge in [-0.1, -0.05) is 5.57 Å². The molecule has 0 aliphatic rings. The number of likely N-dealkylation sites (N-methyl/N-ethyl adjacent to an activating group) is 1. The summed E-state index contributed by atoms with van der Waals surface area (Å²) in [6, 6.07) is 0. The van der Waals surface area contributed by atoms with Gasteiger partial charge in [0.2, 0.25) is 0 Å². The van der Waals surface area contributed by atoms with Crippen molar-refractivity contribution in [2.75, 3.05) is 55.4 Å². The number of phosphoric acid groups is 1. The third-order valence-electron chi connectivity index (χ3n) is 1.02. The molecule has 19 heavy (non-hydrogen) atoms. The van der Waals surface area contributed by atoms with E-state index in [-0.39, 0.29) is 6.61 Å². The maximum Gasteiger partial charge on any atom is 0.469 e. The minimum Gasteiger partial charge on any atom is -0.329 e. The summed E-state index contributed by atoms with van der Waals surface area (Å²) in [4.78, 5) is 18.6. The Morgan fingerprint density at radius 2 is 1.47 bits per heavy atom. The lowest BCUT2D eigenvalue weighted by Crippen LogP contribution is -2.37. The van der Waals surface area contributed by atoms with Crippen molar-refractivity contribution in [3.8, 4) is 0 Å². The molecule has 0 bridgehead atoms. The van der Waals surface area contributed by atoms with Crippen LogP contribution in [0.3, 0.4) is 0 Å². The second-order valence-electron chi connectivity index (χ2n) is 5.89. The van der Waals surface area contributed by atoms with Gasteiger partial charge in [-0.25, -0.2) is 4.57 Å². The summed E-state index contributed by atoms with van der Waals surface area (Å²) in [6.07, 6.45) is 0. The van der Waals surface area contributed by atoms with E-state index in [0.717, 1.165) is 0 Å². The Balaban J connectivity index is -0.000000264. The first-order valence-electron chi connectivity index (χ1n) is 5.91. The van der Waals surface area contributed by atoms with Gasteiger partial charge in [-0.3, -0.25) is 4.52 Å². The molecule has 6 nitrogen and oxygen atoms in total. The summed E-state index contributed by atoms with van der Waals surface area (Å²) in [5, 5.41) is 0. The van der Waals surface area contributed by atoms with E-state index < -0.39 is 7.82 Å². The summed E-state index contributed by atoms with van der Waals surface area (Å²) in [6.45, 7) is 8.15. The van der Waals surface area contributed by atoms with Gasteiger partial charge in [0, 0.05) is 0 Å². The smallest absolute Gasteiger partial charge is 0.329 e. The van der Waals surface area contributed by atoms with Gasteiger partial charge in [0.15, 0.2) is 0 Å². The van der Waals surface area contributed by atoms with Crippen LogP contribution < -0.4 is 0 Å². The number of nitrogens with zero attached hydrogens (tertiary/aromatic N) is 2. The molecule has 0 rings (SSSR count). The van der Waals surface area contributed by atoms with E-state index in [9.17, 15) is 4.57 Å². The van der Waals surface area contributed by atoms with E-state index in [1.807, 2.05) is 61.0 Å². The molecular formula is C12H32N2O4P+. The Hall–Kier alpha value is -0.230. The normalized spacial score (nSPS) is 11.1. The molecule has 0 fully saturated rings. The highest BCUT2D eigenvalue weighted by Gasteiger charge is 2.15. The summed E-state index contributed by atoms with van der Waals surface area (Å²) >= 11 is 0. The van der Waals surface area contributed by atoms with Crippen molar-refractivity contribution in [2.24, 2.45) is 0 Å². The molecule has 0 saturated heterocycles. The molecule has 0 heterocycles. The summed E-state index contributed by atoms with van der Waals surface area (Å²) in [7, 11) is 7.50. The standard InChI is InChI=1S/C5H14NO4P.C4H8.C3H9N/c1-6(2,3)4-5-10-11(7,8)9;2*1-4(2)3/h4-5H2,1-3H3,(H-,7,8,9);1H2,2-3H3;1-3H3/p+1. The van der Waals surface area contributed by atoms with Crippen molar-refractivity contribution in [3.05, 3.63) is 12.2 Å². The molecular weight excluding hydrogens is 267 g/mol. The number of rotatable bonds is 4. The van der Waals surface area contributed by atoms with Gasteiger partial charge in [-0.15, -0.1) is 6.58 Å². The number of phosphoric ester groups is 1. The van der Waals surface area contributed by atoms with E-state index in [4.69, 9.17) is 9.79 Å². The van der Waals surface area contributed by atoms with E-state index in [2.05, 4.69) is 11.1 Å². The van der Waals surface area contributed by atoms with Crippen LogP contribution in [0.5, 0.6) is 0 Å². The molecule has 0 unspecified atom stereocenters. The Morgan fingerprint density at radius 3 is 1.63 bits per heavy atom. The lowest BCUT2D eigenvalue weighted by molar-refractivity contribution is -0.870. The lowest BCUT2D eigenvalue weighted by atomic mass is 10.4. The first kappa shape index (κ1) is 23.8. The number of allylic oxidation sites excluding steroid dienone is 1. The van der Waals surface area contributed by atoms with E-state index >= 15 is 0 Å². The van der Waals surface area contributed by atoms with Crippen molar-refractivity contribution in [3.63, 3.8) is 0 Å². The van der Waals surface area contributed by atoms with Crippen LogP contribution in [0.15, 0.2) is 12.2 Å². The molecule has 118 valence electrons. The highest BCUT2D eigenvalue weighted by atomic mass is 31.2. The van der Waals surface area contributed by atoms with Crippen LogP contribution in [-0.2, 0) is 9.09 Å². The maximum absolute atomic E-state index is 10.2. The van der Waals surface area contributed by atoms with Gasteiger partial charge in [0.05, 0.1) is 21.1 Å². The van der Waals surface area contributed by atoms with Crippen molar-refractivity contribution in [2.45, 2.75) is 13.8 Å². The second-order valence-corrected chi connectivity index (χ2v) is 7.13. The highest BCUT2D eigenvalue weighted by molar-refractivity contribution is 7.46. The van der Waals surface area contributed by atoms with Crippen molar-refractivity contribution < 1.29 is 23.4 Å². The first-order valence-corrected chi connectivity index (χ1v) is 7.44. The minimum absolute atomic E-state index is 0.0772. The molecule has 0 aromatic heterocycles. The van der Waals surface area contributed by atoms with Crippen molar-refractivity contribution in [1.29, 1.82) is 0 Å². The van der Waals surface area contributed by atoms with Gasteiger partial charge < -0.3 is 19.2 Å². The molecule has 7 heteroatoms. The Kier molecular flexibility index (Phi) is 14.5. The second kappa shape index (κ2) is 11.6. The maximum atomic E-state index is 10.2. The van der Waals surface area contributed by atoms with Crippen LogP contribution in [0, 0.1) is 0 Å². The fourth-order valence-electron chi connectivity index (χ4n) is 0.434. The van der Waals surface area contributed by atoms with Crippen LogP contribution in [0.2, 0.25) is 0 Å². The summed E-state index contributed by atoms with van der Waals surface area (Å²) in [5.74, 6) is 0. The zero-order valence-electron chi connectivity index (χ0n) is 13.7. The monoisotopic (exact) mass is 299 g/mol. The zero-order chi connectivity index (χ0) is 16.3. The summed E-state index contributed by atoms with van der Waals surface area (Å²) in [5.41, 5.74) is 1.17. The van der Waals surface area contributed by atoms with Gasteiger partial charge in [0.25, 0.3) is 0 Å². The average molecular weight is 299 g/mol. The lowest BCUT2D eigenvalue weighted by Gasteiger charge is -2.23. The molecule has 2 N–H and O–H groups in total. The topological polar surface area (TPSA) is 70.0 Å². The minimum atomic E-state index is -4.26. The zero-order valence-corrected chi connectivity index (χ0v) is 14.6. The molecule has 0 aliphatic heterocycles. The van der Waals surface area contributed by atoms with Crippen LogP contribution in [0.4, 0.5) is 0 Å². The molecule has 0 aromatic rings. The number of hydrogen-bond donors (Lipinski definition) is 2. The highest BCUT2D eigenvalue weighted by Crippen LogP contribution is 2.35. The van der Waals surface area contributed by atoms with Gasteiger partial charge in [0.1, 0.15) is 13.2 Å². The third-order valence-corrected chi connectivity index (χ3v) is 1.54. The van der Waals surface area contributed by atoms with E-state index in [1.54, 1.807) is 0 Å². The predicted molar refractivity (Wildman–Crippen MR) is 81.0 cm³/mol. The van der Waals surface area contributed by atoms with E-state index in [0.29, 0.717) is 11.0 Å². The summed E-state index contributed by atoms with van der Waals surface area (Å²) < 4.78 is 15.1. The molecule has 0 saturated carbocycles. The van der Waals surface area contributed by atoms with Crippen LogP contribution in [-0.4, -0.2) is 74.6 Å². The van der Waals surface area contributed by atoms with Gasteiger partial charge >= 0.3 is 7.82 Å². The van der Waals surface area contributed by atoms with Crippen molar-refractivity contribution in [1.82, 2.24) is 4.90 Å². The largest absolute Gasteiger partial charge is 0.469 e. The van der Waals surface area contributed by atoms with Crippen LogP contribution >= 0.6 is 7.82 Å². The molecule has 0 spiro atoms. The Morgan fingerprint density at radius 1 is 1.21 bits per heavy atom. The fraction of sp³-hybridized carbons (Fsp3) is 0.833.